The molecule has 1 aromatic carbocycles. The Kier molecular flexibility index (Phi) is 4.12. The second kappa shape index (κ2) is 5.14. The molecule has 1 N–H and O–H groups in total. The normalized spacial score (nSPS) is 14.7. The number of hydrogen-bond donors (Lipinski definition) is 1. The highest BCUT2D eigenvalue weighted by molar-refractivity contribution is 5.30. The fourth-order valence-electron chi connectivity index (χ4n) is 1.40. The van der Waals surface area contributed by atoms with Gasteiger partial charge in [-0.15, -0.1) is 0 Å². The van der Waals surface area contributed by atoms with Crippen LogP contribution in [0.3, 0.4) is 0 Å². The smallest absolute Gasteiger partial charge is 0.118 e. The van der Waals surface area contributed by atoms with Gasteiger partial charge in [-0.25, -0.2) is 0 Å². The summed E-state index contributed by atoms with van der Waals surface area (Å²) in [6.45, 7) is 2.33. The van der Waals surface area contributed by atoms with Crippen molar-refractivity contribution in [2.75, 3.05) is 20.8 Å². The van der Waals surface area contributed by atoms with Gasteiger partial charge in [0, 0.05) is 20.1 Å². The van der Waals surface area contributed by atoms with E-state index in [1.165, 1.54) is 0 Å². The van der Waals surface area contributed by atoms with Crippen molar-refractivity contribution in [3.63, 3.8) is 0 Å². The van der Waals surface area contributed by atoms with Gasteiger partial charge in [-0.05, 0) is 24.6 Å². The van der Waals surface area contributed by atoms with Crippen LogP contribution in [-0.2, 0) is 10.3 Å². The van der Waals surface area contributed by atoms with E-state index in [0.29, 0.717) is 13.0 Å². The van der Waals surface area contributed by atoms with E-state index < -0.39 is 5.60 Å². The molecule has 1 aromatic rings. The van der Waals surface area contributed by atoms with Gasteiger partial charge in [0.05, 0.1) is 12.7 Å². The summed E-state index contributed by atoms with van der Waals surface area (Å²) >= 11 is 0. The first-order valence-electron chi connectivity index (χ1n) is 4.96. The summed E-state index contributed by atoms with van der Waals surface area (Å²) in [6.07, 6.45) is 0.579. The highest BCUT2D eigenvalue weighted by atomic mass is 16.5. The van der Waals surface area contributed by atoms with E-state index in [2.05, 4.69) is 0 Å². The van der Waals surface area contributed by atoms with Crippen LogP contribution >= 0.6 is 0 Å². The second-order valence-corrected chi connectivity index (χ2v) is 3.75. The lowest BCUT2D eigenvalue weighted by molar-refractivity contribution is 0.0210. The topological polar surface area (TPSA) is 38.7 Å². The number of aliphatic hydroxyl groups is 1. The van der Waals surface area contributed by atoms with E-state index in [1.54, 1.807) is 21.1 Å². The maximum absolute atomic E-state index is 10.2. The maximum Gasteiger partial charge on any atom is 0.118 e. The van der Waals surface area contributed by atoms with Crippen molar-refractivity contribution >= 4 is 0 Å². The molecule has 0 saturated heterocycles. The van der Waals surface area contributed by atoms with Crippen molar-refractivity contribution < 1.29 is 14.6 Å². The summed E-state index contributed by atoms with van der Waals surface area (Å²) in [6, 6.07) is 7.43. The number of rotatable bonds is 5. The van der Waals surface area contributed by atoms with Crippen molar-refractivity contribution in [3.8, 4) is 5.75 Å². The third-order valence-corrected chi connectivity index (χ3v) is 2.50. The summed E-state index contributed by atoms with van der Waals surface area (Å²) < 4.78 is 10.0. The Balaban J connectivity index is 2.75. The largest absolute Gasteiger partial charge is 0.497 e. The van der Waals surface area contributed by atoms with Crippen LogP contribution in [0.4, 0.5) is 0 Å². The molecule has 0 aliphatic heterocycles. The molecule has 0 saturated carbocycles. The van der Waals surface area contributed by atoms with Crippen LogP contribution in [0.25, 0.3) is 0 Å². The van der Waals surface area contributed by atoms with Crippen molar-refractivity contribution in [1.29, 1.82) is 0 Å². The minimum Gasteiger partial charge on any atom is -0.497 e. The molecule has 0 heterocycles. The predicted molar refractivity (Wildman–Crippen MR) is 59.1 cm³/mol. The molecular formula is C12H18O3. The first-order valence-corrected chi connectivity index (χ1v) is 4.96. The van der Waals surface area contributed by atoms with Crippen LogP contribution in [0, 0.1) is 0 Å². The standard InChI is InChI=1S/C12H18O3/c1-12(13,8-9-14-2)10-4-6-11(15-3)7-5-10/h4-7,13H,8-9H2,1-3H3. The van der Waals surface area contributed by atoms with Gasteiger partial charge in [-0.3, -0.25) is 0 Å². The molecule has 0 radical (unpaired) electrons. The zero-order chi connectivity index (χ0) is 11.3. The Hall–Kier alpha value is -1.06. The van der Waals surface area contributed by atoms with Gasteiger partial charge in [-0.1, -0.05) is 12.1 Å². The van der Waals surface area contributed by atoms with Gasteiger partial charge < -0.3 is 14.6 Å². The first-order chi connectivity index (χ1) is 7.10. The van der Waals surface area contributed by atoms with Crippen molar-refractivity contribution in [2.24, 2.45) is 0 Å². The van der Waals surface area contributed by atoms with E-state index in [0.717, 1.165) is 11.3 Å². The Morgan fingerprint density at radius 3 is 2.27 bits per heavy atom. The summed E-state index contributed by atoms with van der Waals surface area (Å²) in [5.41, 5.74) is 0.0304. The number of methoxy groups -OCH3 is 2. The predicted octanol–water partition coefficient (Wildman–Crippen LogP) is 1.94. The molecule has 3 heteroatoms. The molecule has 0 spiro atoms. The van der Waals surface area contributed by atoms with Crippen LogP contribution in [0.1, 0.15) is 18.9 Å². The Morgan fingerprint density at radius 1 is 1.20 bits per heavy atom. The fraction of sp³-hybridized carbons (Fsp3) is 0.500. The third-order valence-electron chi connectivity index (χ3n) is 2.50. The monoisotopic (exact) mass is 210 g/mol. The highest BCUT2D eigenvalue weighted by Gasteiger charge is 2.22. The van der Waals surface area contributed by atoms with Gasteiger partial charge in [-0.2, -0.15) is 0 Å². The van der Waals surface area contributed by atoms with Crippen LogP contribution in [0.2, 0.25) is 0 Å². The lowest BCUT2D eigenvalue weighted by atomic mass is 9.93. The van der Waals surface area contributed by atoms with Gasteiger partial charge >= 0.3 is 0 Å². The van der Waals surface area contributed by atoms with Gasteiger partial charge in [0.1, 0.15) is 5.75 Å². The molecule has 1 atom stereocenters. The Labute approximate surface area is 90.6 Å². The van der Waals surface area contributed by atoms with Gasteiger partial charge in [0.15, 0.2) is 0 Å². The number of benzene rings is 1. The minimum absolute atomic E-state index is 0.541. The second-order valence-electron chi connectivity index (χ2n) is 3.75. The molecule has 1 rings (SSSR count). The lowest BCUT2D eigenvalue weighted by Crippen LogP contribution is -2.22. The van der Waals surface area contributed by atoms with Crippen LogP contribution in [0.5, 0.6) is 5.75 Å². The summed E-state index contributed by atoms with van der Waals surface area (Å²) in [4.78, 5) is 0. The lowest BCUT2D eigenvalue weighted by Gasteiger charge is -2.23. The van der Waals surface area contributed by atoms with E-state index in [-0.39, 0.29) is 0 Å². The summed E-state index contributed by atoms with van der Waals surface area (Å²) in [5, 5.41) is 10.2. The molecule has 0 fully saturated rings. The molecule has 3 nitrogen and oxygen atoms in total. The molecule has 0 amide bonds. The molecule has 0 aromatic heterocycles. The van der Waals surface area contributed by atoms with Gasteiger partial charge in [0.25, 0.3) is 0 Å². The molecule has 0 aliphatic carbocycles. The average molecular weight is 210 g/mol. The van der Waals surface area contributed by atoms with Crippen LogP contribution in [0.15, 0.2) is 24.3 Å². The van der Waals surface area contributed by atoms with Crippen LogP contribution in [-0.4, -0.2) is 25.9 Å². The Bertz CT molecular complexity index is 290. The Morgan fingerprint density at radius 2 is 1.80 bits per heavy atom. The quantitative estimate of drug-likeness (QED) is 0.807. The van der Waals surface area contributed by atoms with Crippen LogP contribution < -0.4 is 4.74 Å². The molecule has 1 unspecified atom stereocenters. The zero-order valence-electron chi connectivity index (χ0n) is 9.49. The zero-order valence-corrected chi connectivity index (χ0v) is 9.49. The molecule has 0 bridgehead atoms. The van der Waals surface area contributed by atoms with Crippen molar-refractivity contribution in [3.05, 3.63) is 29.8 Å². The molecule has 15 heavy (non-hydrogen) atoms. The number of ether oxygens (including phenoxy) is 2. The van der Waals surface area contributed by atoms with Crippen molar-refractivity contribution in [2.45, 2.75) is 18.9 Å². The number of hydrogen-bond acceptors (Lipinski definition) is 3. The van der Waals surface area contributed by atoms with E-state index in [9.17, 15) is 5.11 Å². The first kappa shape index (κ1) is 12.0. The molecule has 0 aliphatic rings. The van der Waals surface area contributed by atoms with E-state index in [4.69, 9.17) is 9.47 Å². The molecule has 84 valence electrons. The SMILES string of the molecule is COCCC(C)(O)c1ccc(OC)cc1. The average Bonchev–Trinajstić information content (AvgIpc) is 2.26. The minimum atomic E-state index is -0.845. The highest BCUT2D eigenvalue weighted by Crippen LogP contribution is 2.26. The summed E-state index contributed by atoms with van der Waals surface area (Å²) in [7, 11) is 3.25. The van der Waals surface area contributed by atoms with Gasteiger partial charge in [0.2, 0.25) is 0 Å². The van der Waals surface area contributed by atoms with Crippen molar-refractivity contribution in [1.82, 2.24) is 0 Å². The third kappa shape index (κ3) is 3.22. The maximum atomic E-state index is 10.2. The van der Waals surface area contributed by atoms with E-state index in [1.807, 2.05) is 24.3 Å². The molecular weight excluding hydrogens is 192 g/mol. The van der Waals surface area contributed by atoms with E-state index >= 15 is 0 Å². The fourth-order valence-corrected chi connectivity index (χ4v) is 1.40. The summed E-state index contributed by atoms with van der Waals surface area (Å²) in [5.74, 6) is 0.793.